The van der Waals surface area contributed by atoms with Crippen molar-refractivity contribution in [3.05, 3.63) is 58.2 Å². The summed E-state index contributed by atoms with van der Waals surface area (Å²) in [4.78, 5) is 12.2. The van der Waals surface area contributed by atoms with Gasteiger partial charge in [-0.2, -0.15) is 0 Å². The van der Waals surface area contributed by atoms with Gasteiger partial charge in [-0.15, -0.1) is 5.92 Å². The number of allylic oxidation sites excluding steroid dienone is 9. The molecule has 2 nitrogen and oxygen atoms in total. The quantitative estimate of drug-likeness (QED) is 0.386. The number of carbonyl (C=O) groups is 1. The summed E-state index contributed by atoms with van der Waals surface area (Å²) in [6.45, 7) is 10.7. The first-order chi connectivity index (χ1) is 15.8. The summed E-state index contributed by atoms with van der Waals surface area (Å²) in [5.74, 6) is 7.74. The molecule has 33 heavy (non-hydrogen) atoms. The van der Waals surface area contributed by atoms with Crippen LogP contribution in [0, 0.1) is 35.0 Å². The van der Waals surface area contributed by atoms with Gasteiger partial charge in [0.25, 0.3) is 0 Å². The smallest absolute Gasteiger partial charge is 0.156 e. The third-order valence-electron chi connectivity index (χ3n) is 9.74. The zero-order valence-corrected chi connectivity index (χ0v) is 20.6. The number of rotatable bonds is 3. The highest BCUT2D eigenvalue weighted by atomic mass is 16.3. The fourth-order valence-electron chi connectivity index (χ4n) is 7.99. The van der Waals surface area contributed by atoms with Crippen LogP contribution in [-0.2, 0) is 4.79 Å². The summed E-state index contributed by atoms with van der Waals surface area (Å²) in [6, 6.07) is 0. The normalized spacial score (nSPS) is 38.3. The van der Waals surface area contributed by atoms with E-state index in [0.717, 1.165) is 44.9 Å². The van der Waals surface area contributed by atoms with Gasteiger partial charge in [-0.05, 0) is 112 Å². The zero-order valence-electron chi connectivity index (χ0n) is 20.6. The molecule has 0 aromatic rings. The van der Waals surface area contributed by atoms with Crippen molar-refractivity contribution in [1.29, 1.82) is 0 Å². The molecule has 0 amide bonds. The molecule has 5 aliphatic carbocycles. The maximum Gasteiger partial charge on any atom is 0.156 e. The molecule has 5 unspecified atom stereocenters. The highest BCUT2D eigenvalue weighted by molar-refractivity contribution is 5.93. The molecule has 0 aromatic carbocycles. The largest absolute Gasteiger partial charge is 0.377 e. The Kier molecular flexibility index (Phi) is 5.69. The second kappa shape index (κ2) is 8.28. The predicted octanol–water partition coefficient (Wildman–Crippen LogP) is 6.79. The minimum Gasteiger partial charge on any atom is -0.377 e. The van der Waals surface area contributed by atoms with E-state index in [9.17, 15) is 9.90 Å². The lowest BCUT2D eigenvalue weighted by molar-refractivity contribution is -0.114. The van der Waals surface area contributed by atoms with Crippen LogP contribution in [0.25, 0.3) is 0 Å². The molecular formula is C31H38O2. The lowest BCUT2D eigenvalue weighted by atomic mass is 9.51. The second-order valence-corrected chi connectivity index (χ2v) is 11.3. The molecule has 1 N–H and O–H groups in total. The van der Waals surface area contributed by atoms with Gasteiger partial charge in [0.15, 0.2) is 5.78 Å². The first-order valence-electron chi connectivity index (χ1n) is 13.0. The Morgan fingerprint density at radius 2 is 2.03 bits per heavy atom. The van der Waals surface area contributed by atoms with Crippen LogP contribution < -0.4 is 0 Å². The highest BCUT2D eigenvalue weighted by Crippen LogP contribution is 2.66. The van der Waals surface area contributed by atoms with Crippen LogP contribution in [0.2, 0.25) is 0 Å². The fraction of sp³-hybridized carbons (Fsp3) is 0.581. The summed E-state index contributed by atoms with van der Waals surface area (Å²) in [7, 11) is 0. The molecule has 174 valence electrons. The third-order valence-corrected chi connectivity index (χ3v) is 9.74. The molecular weight excluding hydrogens is 404 g/mol. The van der Waals surface area contributed by atoms with E-state index in [2.05, 4.69) is 44.4 Å². The Bertz CT molecular complexity index is 1080. The maximum atomic E-state index is 12.2. The lowest BCUT2D eigenvalue weighted by Gasteiger charge is -2.54. The minimum atomic E-state index is -0.922. The van der Waals surface area contributed by atoms with E-state index >= 15 is 0 Å². The first kappa shape index (κ1) is 22.7. The van der Waals surface area contributed by atoms with Crippen LogP contribution in [-0.4, -0.2) is 16.5 Å². The van der Waals surface area contributed by atoms with Crippen molar-refractivity contribution in [3.8, 4) is 11.8 Å². The minimum absolute atomic E-state index is 0.234. The van der Waals surface area contributed by atoms with Gasteiger partial charge in [-0.3, -0.25) is 4.79 Å². The Hall–Kier alpha value is -2.11. The molecule has 0 bridgehead atoms. The van der Waals surface area contributed by atoms with Gasteiger partial charge in [0.05, 0.1) is 0 Å². The van der Waals surface area contributed by atoms with Crippen LogP contribution in [0.15, 0.2) is 58.2 Å². The molecule has 2 fully saturated rings. The standard InChI is InChI=1S/C31H38O2/c1-5-15-31(33)16-14-28-26-12-10-23-18-24(32)11-13-25(23)29(26)27(19-30(28,31)4)21(6-2)17-22-9-7-8-20(22)3/h6,17-18,26-28,33H,2,7-14,16,19H2,1,3-4H3/b21-17+. The first-order valence-corrected chi connectivity index (χ1v) is 13.0. The number of hydrogen-bond acceptors (Lipinski definition) is 2. The lowest BCUT2D eigenvalue weighted by Crippen LogP contribution is -2.51. The average Bonchev–Trinajstić information content (AvgIpc) is 3.31. The topological polar surface area (TPSA) is 37.3 Å². The SMILES string of the molecule is C=C/C(=C\C1=C(C)CCC1)C1CC2(C)C(CCC2(O)C#CC)C2CCC3=CC(=O)CCC3=C12. The Morgan fingerprint density at radius 3 is 2.73 bits per heavy atom. The van der Waals surface area contributed by atoms with Crippen LogP contribution in [0.1, 0.15) is 85.0 Å². The van der Waals surface area contributed by atoms with Gasteiger partial charge in [-0.25, -0.2) is 0 Å². The second-order valence-electron chi connectivity index (χ2n) is 11.3. The molecule has 5 rings (SSSR count). The van der Waals surface area contributed by atoms with E-state index in [-0.39, 0.29) is 17.1 Å². The fourth-order valence-corrected chi connectivity index (χ4v) is 7.99. The van der Waals surface area contributed by atoms with Crippen molar-refractivity contribution in [1.82, 2.24) is 0 Å². The molecule has 0 saturated heterocycles. The van der Waals surface area contributed by atoms with Crippen molar-refractivity contribution < 1.29 is 9.90 Å². The van der Waals surface area contributed by atoms with Gasteiger partial charge in [0, 0.05) is 17.8 Å². The van der Waals surface area contributed by atoms with E-state index in [1.165, 1.54) is 40.7 Å². The summed E-state index contributed by atoms with van der Waals surface area (Å²) < 4.78 is 0. The zero-order chi connectivity index (χ0) is 23.4. The molecule has 0 radical (unpaired) electrons. The van der Waals surface area contributed by atoms with E-state index < -0.39 is 5.60 Å². The van der Waals surface area contributed by atoms with Crippen molar-refractivity contribution in [2.45, 2.75) is 90.6 Å². The monoisotopic (exact) mass is 442 g/mol. The van der Waals surface area contributed by atoms with Crippen molar-refractivity contribution >= 4 is 5.78 Å². The molecule has 0 spiro atoms. The number of carbonyl (C=O) groups excluding carboxylic acids is 1. The van der Waals surface area contributed by atoms with E-state index in [0.29, 0.717) is 18.3 Å². The number of fused-ring (bicyclic) bond motifs is 4. The Balaban J connectivity index is 1.69. The van der Waals surface area contributed by atoms with Crippen LogP contribution in [0.4, 0.5) is 0 Å². The molecule has 2 saturated carbocycles. The van der Waals surface area contributed by atoms with E-state index in [1.54, 1.807) is 5.57 Å². The molecule has 0 heterocycles. The highest BCUT2D eigenvalue weighted by Gasteiger charge is 2.62. The molecule has 0 aromatic heterocycles. The average molecular weight is 443 g/mol. The number of aliphatic hydroxyl groups is 1. The van der Waals surface area contributed by atoms with Gasteiger partial charge >= 0.3 is 0 Å². The third kappa shape index (κ3) is 3.47. The van der Waals surface area contributed by atoms with Crippen molar-refractivity contribution in [2.24, 2.45) is 23.2 Å². The summed E-state index contributed by atoms with van der Waals surface area (Å²) in [5.41, 5.74) is 7.43. The summed E-state index contributed by atoms with van der Waals surface area (Å²) in [5, 5.41) is 11.8. The number of ketones is 1. The maximum absolute atomic E-state index is 12.2. The summed E-state index contributed by atoms with van der Waals surface area (Å²) >= 11 is 0. The van der Waals surface area contributed by atoms with Crippen molar-refractivity contribution in [3.63, 3.8) is 0 Å². The van der Waals surface area contributed by atoms with Gasteiger partial charge in [0.2, 0.25) is 0 Å². The van der Waals surface area contributed by atoms with Crippen LogP contribution >= 0.6 is 0 Å². The van der Waals surface area contributed by atoms with Gasteiger partial charge < -0.3 is 5.11 Å². The molecule has 5 aliphatic rings. The molecule has 0 aliphatic heterocycles. The van der Waals surface area contributed by atoms with Gasteiger partial charge in [0.1, 0.15) is 5.60 Å². The van der Waals surface area contributed by atoms with Crippen LogP contribution in [0.5, 0.6) is 0 Å². The Labute approximate surface area is 199 Å². The van der Waals surface area contributed by atoms with E-state index in [1.807, 2.05) is 13.0 Å². The number of hydrogen-bond donors (Lipinski definition) is 1. The summed E-state index contributed by atoms with van der Waals surface area (Å²) in [6.07, 6.45) is 16.3. The van der Waals surface area contributed by atoms with Gasteiger partial charge in [-0.1, -0.05) is 42.7 Å². The Morgan fingerprint density at radius 1 is 1.21 bits per heavy atom. The predicted molar refractivity (Wildman–Crippen MR) is 134 cm³/mol. The van der Waals surface area contributed by atoms with Crippen molar-refractivity contribution in [2.75, 3.05) is 0 Å². The molecule has 5 atom stereocenters. The van der Waals surface area contributed by atoms with E-state index in [4.69, 9.17) is 0 Å². The molecule has 2 heteroatoms. The van der Waals surface area contributed by atoms with Crippen LogP contribution in [0.3, 0.4) is 0 Å².